The summed E-state index contributed by atoms with van der Waals surface area (Å²) in [6.07, 6.45) is 3.05. The number of nitrogens with zero attached hydrogens (tertiary/aromatic N) is 2. The van der Waals surface area contributed by atoms with Crippen LogP contribution in [0.5, 0.6) is 0 Å². The second-order valence-corrected chi connectivity index (χ2v) is 6.68. The van der Waals surface area contributed by atoms with Gasteiger partial charge in [0.2, 0.25) is 11.9 Å². The van der Waals surface area contributed by atoms with Crippen LogP contribution in [0.1, 0.15) is 11.1 Å². The highest BCUT2D eigenvalue weighted by Crippen LogP contribution is 2.24. The van der Waals surface area contributed by atoms with Crippen LogP contribution in [0.4, 0.5) is 8.78 Å². The van der Waals surface area contributed by atoms with Crippen molar-refractivity contribution in [3.8, 4) is 11.1 Å². The molecule has 0 amide bonds. The predicted molar refractivity (Wildman–Crippen MR) is 101 cm³/mol. The molecule has 0 bridgehead atoms. The molecule has 0 aliphatic carbocycles. The van der Waals surface area contributed by atoms with Crippen molar-refractivity contribution in [1.29, 1.82) is 0 Å². The van der Waals surface area contributed by atoms with Gasteiger partial charge in [0.15, 0.2) is 0 Å². The fourth-order valence-corrected chi connectivity index (χ4v) is 2.44. The quantitative estimate of drug-likeness (QED) is 0.331. The van der Waals surface area contributed by atoms with E-state index in [1.807, 2.05) is 26.0 Å². The topological polar surface area (TPSA) is 25.8 Å². The summed E-state index contributed by atoms with van der Waals surface area (Å²) in [5, 5.41) is 0.672. The van der Waals surface area contributed by atoms with Crippen molar-refractivity contribution in [1.82, 2.24) is 9.97 Å². The molecule has 0 saturated heterocycles. The van der Waals surface area contributed by atoms with Crippen molar-refractivity contribution < 1.29 is 8.78 Å². The monoisotopic (exact) mass is 458 g/mol. The maximum atomic E-state index is 13.0. The molecular weight excluding hydrogens is 445 g/mol. The first kappa shape index (κ1) is 18.7. The summed E-state index contributed by atoms with van der Waals surface area (Å²) in [5.74, 6) is -0.879. The maximum Gasteiger partial charge on any atom is 0.213 e. The van der Waals surface area contributed by atoms with Gasteiger partial charge in [0.25, 0.3) is 0 Å². The van der Waals surface area contributed by atoms with Gasteiger partial charge in [0.1, 0.15) is 0 Å². The third-order valence-electron chi connectivity index (χ3n) is 3.23. The normalized spacial score (nSPS) is 10.1. The highest BCUT2D eigenvalue weighted by molar-refractivity contribution is 14.1. The van der Waals surface area contributed by atoms with E-state index in [1.54, 1.807) is 12.1 Å². The Morgan fingerprint density at radius 1 is 0.875 bits per heavy atom. The van der Waals surface area contributed by atoms with Crippen LogP contribution >= 0.6 is 34.2 Å². The lowest BCUT2D eigenvalue weighted by Crippen LogP contribution is -1.88. The van der Waals surface area contributed by atoms with Gasteiger partial charge < -0.3 is 0 Å². The molecule has 0 radical (unpaired) electrons. The number of aryl methyl sites for hydroxylation is 2. The predicted octanol–water partition coefficient (Wildman–Crippen LogP) is 5.98. The standard InChI is InChI=1S/C12H9ClFN.C6H5FIN/c1-8-7-15-12(14)6-11(8)9-2-4-10(13)5-3-9;1-4-3-9-6(7)2-5(4)8/h2-7H,1H3;2-3H,1H3. The molecule has 2 heterocycles. The molecule has 0 aliphatic rings. The molecule has 1 aromatic carbocycles. The Morgan fingerprint density at radius 2 is 1.42 bits per heavy atom. The number of hydrogen-bond donors (Lipinski definition) is 0. The zero-order valence-corrected chi connectivity index (χ0v) is 15.9. The summed E-state index contributed by atoms with van der Waals surface area (Å²) < 4.78 is 26.1. The second kappa shape index (κ2) is 8.48. The Labute approximate surface area is 158 Å². The van der Waals surface area contributed by atoms with Crippen LogP contribution in [0, 0.1) is 29.3 Å². The summed E-state index contributed by atoms with van der Waals surface area (Å²) in [6.45, 7) is 3.80. The lowest BCUT2D eigenvalue weighted by molar-refractivity contribution is 0.581. The SMILES string of the molecule is Cc1cnc(F)cc1-c1ccc(Cl)cc1.Cc1cnc(F)cc1I. The molecule has 0 atom stereocenters. The first-order chi connectivity index (χ1) is 11.4. The molecule has 0 spiro atoms. The molecule has 3 rings (SSSR count). The largest absolute Gasteiger partial charge is 0.228 e. The van der Waals surface area contributed by atoms with E-state index in [2.05, 4.69) is 32.6 Å². The summed E-state index contributed by atoms with van der Waals surface area (Å²) in [7, 11) is 0. The molecule has 0 N–H and O–H groups in total. The Bertz CT molecular complexity index is 839. The van der Waals surface area contributed by atoms with Gasteiger partial charge in [-0.25, -0.2) is 9.97 Å². The van der Waals surface area contributed by atoms with Crippen molar-refractivity contribution in [2.45, 2.75) is 13.8 Å². The number of benzene rings is 1. The van der Waals surface area contributed by atoms with Crippen molar-refractivity contribution in [3.63, 3.8) is 0 Å². The molecule has 2 nitrogen and oxygen atoms in total. The minimum absolute atomic E-state index is 0.412. The van der Waals surface area contributed by atoms with Crippen LogP contribution in [0.15, 0.2) is 48.8 Å². The molecule has 6 heteroatoms. The molecular formula is C18H14ClF2IN2. The van der Waals surface area contributed by atoms with Crippen LogP contribution in [0.3, 0.4) is 0 Å². The highest BCUT2D eigenvalue weighted by atomic mass is 127. The third-order valence-corrected chi connectivity index (χ3v) is 4.64. The molecule has 24 heavy (non-hydrogen) atoms. The minimum Gasteiger partial charge on any atom is -0.228 e. The van der Waals surface area contributed by atoms with Gasteiger partial charge in [0.05, 0.1) is 0 Å². The van der Waals surface area contributed by atoms with Crippen molar-refractivity contribution in [3.05, 3.63) is 80.4 Å². The van der Waals surface area contributed by atoms with Crippen LogP contribution < -0.4 is 0 Å². The first-order valence-electron chi connectivity index (χ1n) is 7.02. The van der Waals surface area contributed by atoms with E-state index in [0.29, 0.717) is 5.02 Å². The lowest BCUT2D eigenvalue weighted by atomic mass is 10.0. The van der Waals surface area contributed by atoms with Crippen LogP contribution in [-0.4, -0.2) is 9.97 Å². The molecule has 124 valence electrons. The number of aromatic nitrogens is 2. The van der Waals surface area contributed by atoms with E-state index >= 15 is 0 Å². The fourth-order valence-electron chi connectivity index (χ4n) is 1.91. The summed E-state index contributed by atoms with van der Waals surface area (Å²) in [6, 6.07) is 10.1. The average Bonchev–Trinajstić information content (AvgIpc) is 2.55. The van der Waals surface area contributed by atoms with Gasteiger partial charge >= 0.3 is 0 Å². The van der Waals surface area contributed by atoms with Gasteiger partial charge in [-0.2, -0.15) is 8.78 Å². The molecule has 2 aromatic heterocycles. The van der Waals surface area contributed by atoms with Gasteiger partial charge in [-0.1, -0.05) is 23.7 Å². The van der Waals surface area contributed by atoms with Gasteiger partial charge in [-0.3, -0.25) is 0 Å². The molecule has 0 saturated carbocycles. The third kappa shape index (κ3) is 5.21. The van der Waals surface area contributed by atoms with Crippen molar-refractivity contribution in [2.75, 3.05) is 0 Å². The summed E-state index contributed by atoms with van der Waals surface area (Å²) in [4.78, 5) is 7.06. The van der Waals surface area contributed by atoms with Crippen LogP contribution in [-0.2, 0) is 0 Å². The van der Waals surface area contributed by atoms with E-state index in [1.165, 1.54) is 24.5 Å². The lowest BCUT2D eigenvalue weighted by Gasteiger charge is -2.05. The number of rotatable bonds is 1. The zero-order chi connectivity index (χ0) is 17.7. The Morgan fingerprint density at radius 3 is 1.96 bits per heavy atom. The van der Waals surface area contributed by atoms with Crippen molar-refractivity contribution in [2.24, 2.45) is 0 Å². The van der Waals surface area contributed by atoms with E-state index in [0.717, 1.165) is 25.8 Å². The van der Waals surface area contributed by atoms with Crippen LogP contribution in [0.2, 0.25) is 5.02 Å². The summed E-state index contributed by atoms with van der Waals surface area (Å²) >= 11 is 7.85. The molecule has 3 aromatic rings. The first-order valence-corrected chi connectivity index (χ1v) is 8.48. The summed E-state index contributed by atoms with van der Waals surface area (Å²) in [5.41, 5.74) is 3.74. The minimum atomic E-state index is -0.467. The van der Waals surface area contributed by atoms with E-state index < -0.39 is 11.9 Å². The van der Waals surface area contributed by atoms with Gasteiger partial charge in [-0.15, -0.1) is 0 Å². The Hall–Kier alpha value is -1.60. The number of pyridine rings is 2. The van der Waals surface area contributed by atoms with Crippen molar-refractivity contribution >= 4 is 34.2 Å². The second-order valence-electron chi connectivity index (χ2n) is 5.09. The van der Waals surface area contributed by atoms with Gasteiger partial charge in [0, 0.05) is 33.1 Å². The highest BCUT2D eigenvalue weighted by Gasteiger charge is 2.04. The van der Waals surface area contributed by atoms with Gasteiger partial charge in [-0.05, 0) is 70.8 Å². The smallest absolute Gasteiger partial charge is 0.213 e. The molecule has 0 unspecified atom stereocenters. The number of hydrogen-bond acceptors (Lipinski definition) is 2. The Kier molecular flexibility index (Phi) is 6.62. The Balaban J connectivity index is 0.000000198. The van der Waals surface area contributed by atoms with E-state index in [-0.39, 0.29) is 0 Å². The zero-order valence-electron chi connectivity index (χ0n) is 13.0. The molecule has 0 aliphatic heterocycles. The maximum absolute atomic E-state index is 13.0. The van der Waals surface area contributed by atoms with Crippen LogP contribution in [0.25, 0.3) is 11.1 Å². The fraction of sp³-hybridized carbons (Fsp3) is 0.111. The molecule has 0 fully saturated rings. The number of halogens is 4. The van der Waals surface area contributed by atoms with E-state index in [9.17, 15) is 8.78 Å². The average molecular weight is 459 g/mol. The van der Waals surface area contributed by atoms with E-state index in [4.69, 9.17) is 11.6 Å².